The molecule has 0 aliphatic carbocycles. The number of nitrogens with one attached hydrogen (secondary N) is 1. The largest absolute Gasteiger partial charge is 0.467 e. The molecule has 1 aromatic heterocycles. The molecule has 0 fully saturated rings. The van der Waals surface area contributed by atoms with Gasteiger partial charge in [0.15, 0.2) is 5.84 Å². The molecular formula is C14H15N3O3. The lowest BCUT2D eigenvalue weighted by Crippen LogP contribution is -2.26. The van der Waals surface area contributed by atoms with Crippen molar-refractivity contribution in [3.8, 4) is 0 Å². The topological polar surface area (TPSA) is 101 Å². The Morgan fingerprint density at radius 1 is 1.30 bits per heavy atom. The number of amides is 1. The third-order valence-corrected chi connectivity index (χ3v) is 2.87. The van der Waals surface area contributed by atoms with E-state index in [1.165, 1.54) is 0 Å². The molecule has 1 heterocycles. The number of rotatable bonds is 4. The molecule has 1 aromatic carbocycles. The molecule has 1 unspecified atom stereocenters. The van der Waals surface area contributed by atoms with Gasteiger partial charge >= 0.3 is 0 Å². The number of furan rings is 1. The Bertz CT molecular complexity index is 603. The highest BCUT2D eigenvalue weighted by Gasteiger charge is 2.13. The molecule has 20 heavy (non-hydrogen) atoms. The van der Waals surface area contributed by atoms with Gasteiger partial charge in [-0.3, -0.25) is 4.79 Å². The Morgan fingerprint density at radius 2 is 1.95 bits per heavy atom. The molecule has 6 nitrogen and oxygen atoms in total. The normalized spacial score (nSPS) is 12.9. The lowest BCUT2D eigenvalue weighted by molar-refractivity contribution is 0.0935. The first-order valence-corrected chi connectivity index (χ1v) is 6.04. The van der Waals surface area contributed by atoms with Gasteiger partial charge in [0, 0.05) is 11.1 Å². The number of nitrogens with zero attached hydrogens (tertiary/aromatic N) is 1. The molecule has 4 N–H and O–H groups in total. The van der Waals surface area contributed by atoms with Gasteiger partial charge in [-0.1, -0.05) is 17.3 Å². The van der Waals surface area contributed by atoms with Crippen LogP contribution in [-0.4, -0.2) is 17.0 Å². The summed E-state index contributed by atoms with van der Waals surface area (Å²) >= 11 is 0. The number of benzene rings is 1. The van der Waals surface area contributed by atoms with E-state index in [0.717, 1.165) is 0 Å². The van der Waals surface area contributed by atoms with E-state index in [9.17, 15) is 4.79 Å². The fourth-order valence-electron chi connectivity index (χ4n) is 1.74. The maximum absolute atomic E-state index is 12.0. The van der Waals surface area contributed by atoms with Crippen LogP contribution < -0.4 is 11.1 Å². The Hall–Kier alpha value is -2.76. The molecule has 2 rings (SSSR count). The quantitative estimate of drug-likeness (QED) is 0.342. The third kappa shape index (κ3) is 2.97. The van der Waals surface area contributed by atoms with Gasteiger partial charge in [-0.25, -0.2) is 0 Å². The van der Waals surface area contributed by atoms with Crippen LogP contribution in [-0.2, 0) is 0 Å². The van der Waals surface area contributed by atoms with Gasteiger partial charge < -0.3 is 20.7 Å². The van der Waals surface area contributed by atoms with Crippen LogP contribution in [0.2, 0.25) is 0 Å². The second-order valence-corrected chi connectivity index (χ2v) is 4.27. The zero-order valence-electron chi connectivity index (χ0n) is 10.9. The maximum Gasteiger partial charge on any atom is 0.251 e. The van der Waals surface area contributed by atoms with Crippen molar-refractivity contribution < 1.29 is 14.4 Å². The summed E-state index contributed by atoms with van der Waals surface area (Å²) in [6, 6.07) is 9.79. The van der Waals surface area contributed by atoms with Crippen molar-refractivity contribution in [2.75, 3.05) is 0 Å². The zero-order valence-corrected chi connectivity index (χ0v) is 10.9. The lowest BCUT2D eigenvalue weighted by atomic mass is 10.1. The average molecular weight is 273 g/mol. The van der Waals surface area contributed by atoms with Gasteiger partial charge in [0.2, 0.25) is 0 Å². The molecule has 1 atom stereocenters. The van der Waals surface area contributed by atoms with Crippen LogP contribution in [0.25, 0.3) is 0 Å². The van der Waals surface area contributed by atoms with E-state index in [4.69, 9.17) is 15.4 Å². The number of hydrogen-bond donors (Lipinski definition) is 3. The number of oxime groups is 1. The van der Waals surface area contributed by atoms with Crippen molar-refractivity contribution in [3.63, 3.8) is 0 Å². The first kappa shape index (κ1) is 13.7. The predicted molar refractivity (Wildman–Crippen MR) is 73.5 cm³/mol. The van der Waals surface area contributed by atoms with Gasteiger partial charge in [-0.15, -0.1) is 0 Å². The standard InChI is InChI=1S/C14H15N3O3/c1-9(12-3-2-8-20-12)16-14(18)11-6-4-10(5-7-11)13(15)17-19/h2-9,19H,1H3,(H2,15,17)(H,16,18). The minimum atomic E-state index is -0.222. The lowest BCUT2D eigenvalue weighted by Gasteiger charge is -2.11. The van der Waals surface area contributed by atoms with E-state index in [-0.39, 0.29) is 17.8 Å². The minimum absolute atomic E-state index is 0.000844. The molecule has 0 saturated heterocycles. The summed E-state index contributed by atoms with van der Waals surface area (Å²) in [4.78, 5) is 12.0. The van der Waals surface area contributed by atoms with Crippen molar-refractivity contribution in [3.05, 3.63) is 59.5 Å². The van der Waals surface area contributed by atoms with Crippen molar-refractivity contribution in [2.45, 2.75) is 13.0 Å². The Kier molecular flexibility index (Phi) is 4.05. The highest BCUT2D eigenvalue weighted by atomic mass is 16.4. The molecule has 1 amide bonds. The predicted octanol–water partition coefficient (Wildman–Crippen LogP) is 1.87. The molecule has 0 bridgehead atoms. The number of amidine groups is 1. The van der Waals surface area contributed by atoms with Crippen molar-refractivity contribution in [2.24, 2.45) is 10.9 Å². The molecular weight excluding hydrogens is 258 g/mol. The van der Waals surface area contributed by atoms with E-state index in [1.54, 1.807) is 42.7 Å². The van der Waals surface area contributed by atoms with E-state index in [1.807, 2.05) is 6.92 Å². The molecule has 0 aliphatic rings. The number of carbonyl (C=O) groups is 1. The van der Waals surface area contributed by atoms with Crippen LogP contribution in [0.4, 0.5) is 0 Å². The van der Waals surface area contributed by atoms with Crippen LogP contribution in [0.5, 0.6) is 0 Å². The van der Waals surface area contributed by atoms with Crippen molar-refractivity contribution in [1.82, 2.24) is 5.32 Å². The number of nitrogens with two attached hydrogens (primary N) is 1. The fraction of sp³-hybridized carbons (Fsp3) is 0.143. The molecule has 2 aromatic rings. The summed E-state index contributed by atoms with van der Waals surface area (Å²) in [5, 5.41) is 14.3. The summed E-state index contributed by atoms with van der Waals surface area (Å²) in [5.74, 6) is 0.465. The van der Waals surface area contributed by atoms with Crippen LogP contribution in [0.1, 0.15) is 34.6 Å². The second kappa shape index (κ2) is 5.92. The molecule has 0 radical (unpaired) electrons. The van der Waals surface area contributed by atoms with Gasteiger partial charge in [-0.05, 0) is 31.2 Å². The van der Waals surface area contributed by atoms with Crippen molar-refractivity contribution >= 4 is 11.7 Å². The Labute approximate surface area is 115 Å². The summed E-state index contributed by atoms with van der Waals surface area (Å²) in [6.45, 7) is 1.83. The van der Waals surface area contributed by atoms with E-state index in [0.29, 0.717) is 16.9 Å². The number of hydrogen-bond acceptors (Lipinski definition) is 4. The first-order valence-electron chi connectivity index (χ1n) is 6.04. The van der Waals surface area contributed by atoms with Crippen LogP contribution >= 0.6 is 0 Å². The smallest absolute Gasteiger partial charge is 0.251 e. The molecule has 0 aliphatic heterocycles. The third-order valence-electron chi connectivity index (χ3n) is 2.87. The van der Waals surface area contributed by atoms with Crippen LogP contribution in [0.3, 0.4) is 0 Å². The molecule has 6 heteroatoms. The van der Waals surface area contributed by atoms with Crippen molar-refractivity contribution in [1.29, 1.82) is 0 Å². The van der Waals surface area contributed by atoms with Crippen LogP contribution in [0, 0.1) is 0 Å². The van der Waals surface area contributed by atoms with Gasteiger partial charge in [0.25, 0.3) is 5.91 Å². The van der Waals surface area contributed by atoms with Gasteiger partial charge in [-0.2, -0.15) is 0 Å². The fourth-order valence-corrected chi connectivity index (χ4v) is 1.74. The van der Waals surface area contributed by atoms with E-state index < -0.39 is 0 Å². The van der Waals surface area contributed by atoms with Gasteiger partial charge in [0.1, 0.15) is 5.76 Å². The SMILES string of the molecule is CC(NC(=O)c1ccc(/C(N)=N/O)cc1)c1ccco1. The maximum atomic E-state index is 12.0. The van der Waals surface area contributed by atoms with Gasteiger partial charge in [0.05, 0.1) is 12.3 Å². The van der Waals surface area contributed by atoms with E-state index >= 15 is 0 Å². The molecule has 104 valence electrons. The minimum Gasteiger partial charge on any atom is -0.467 e. The van der Waals surface area contributed by atoms with Crippen LogP contribution in [0.15, 0.2) is 52.2 Å². The van der Waals surface area contributed by atoms with E-state index in [2.05, 4.69) is 10.5 Å². The second-order valence-electron chi connectivity index (χ2n) is 4.27. The highest BCUT2D eigenvalue weighted by molar-refractivity contribution is 5.99. The summed E-state index contributed by atoms with van der Waals surface area (Å²) < 4.78 is 5.22. The highest BCUT2D eigenvalue weighted by Crippen LogP contribution is 2.13. The average Bonchev–Trinajstić information content (AvgIpc) is 3.01. The first-order chi connectivity index (χ1) is 9.61. The molecule has 0 spiro atoms. The molecule has 0 saturated carbocycles. The monoisotopic (exact) mass is 273 g/mol. The summed E-state index contributed by atoms with van der Waals surface area (Å²) in [5.41, 5.74) is 6.48. The Morgan fingerprint density at radius 3 is 2.50 bits per heavy atom. The number of carbonyl (C=O) groups excluding carboxylic acids is 1. The Balaban J connectivity index is 2.06. The summed E-state index contributed by atoms with van der Waals surface area (Å²) in [7, 11) is 0. The summed E-state index contributed by atoms with van der Waals surface area (Å²) in [6.07, 6.45) is 1.56. The zero-order chi connectivity index (χ0) is 14.5.